The van der Waals surface area contributed by atoms with E-state index in [1.807, 2.05) is 0 Å². The minimum absolute atomic E-state index is 0.226. The van der Waals surface area contributed by atoms with E-state index in [1.54, 1.807) is 21.0 Å². The zero-order chi connectivity index (χ0) is 31.6. The molecule has 0 radical (unpaired) electrons. The number of esters is 1. The summed E-state index contributed by atoms with van der Waals surface area (Å²) < 4.78 is 11.5. The molecule has 44 heavy (non-hydrogen) atoms. The number of carboxylic acids is 1. The predicted octanol–water partition coefficient (Wildman–Crippen LogP) is 11.3. The average Bonchev–Trinajstić information content (AvgIpc) is 3.03. The highest BCUT2D eigenvalue weighted by molar-refractivity contribution is 6.00. The fourth-order valence-corrected chi connectivity index (χ4v) is 9.49. The Balaban J connectivity index is 2.31. The Bertz CT molecular complexity index is 768. The van der Waals surface area contributed by atoms with E-state index in [2.05, 4.69) is 0 Å². The van der Waals surface area contributed by atoms with Crippen molar-refractivity contribution in [2.45, 2.75) is 193 Å². The molecule has 3 fully saturated rings. The molecule has 0 saturated heterocycles. The van der Waals surface area contributed by atoms with Gasteiger partial charge in [-0.3, -0.25) is 0 Å². The van der Waals surface area contributed by atoms with Crippen molar-refractivity contribution in [3.05, 3.63) is 11.1 Å². The van der Waals surface area contributed by atoms with Crippen LogP contribution in [0.1, 0.15) is 187 Å². The fourth-order valence-electron chi connectivity index (χ4n) is 9.49. The SMILES string of the molecule is COC(C)OC(=O)C(=C(C)C(=O)O)C(C1CCCCCCCCC1)(C1CCCCCCCCC1)C1CCCCCCCCC1. The number of carbonyl (C=O) groups excluding carboxylic acids is 1. The van der Waals surface area contributed by atoms with Crippen LogP contribution in [0.15, 0.2) is 11.1 Å². The highest BCUT2D eigenvalue weighted by Crippen LogP contribution is 2.59. The minimum Gasteiger partial charge on any atom is -0.478 e. The summed E-state index contributed by atoms with van der Waals surface area (Å²) >= 11 is 0. The summed E-state index contributed by atoms with van der Waals surface area (Å²) in [5, 5.41) is 10.7. The van der Waals surface area contributed by atoms with Crippen LogP contribution in [0.5, 0.6) is 0 Å². The van der Waals surface area contributed by atoms with Gasteiger partial charge in [-0.15, -0.1) is 0 Å². The molecule has 0 spiro atoms. The second-order valence-electron chi connectivity index (χ2n) is 14.7. The lowest BCUT2D eigenvalue weighted by Crippen LogP contribution is -2.50. The third kappa shape index (κ3) is 10.9. The molecule has 0 aromatic heterocycles. The molecule has 3 rings (SSSR count). The Labute approximate surface area is 270 Å². The maximum absolute atomic E-state index is 14.6. The van der Waals surface area contributed by atoms with Gasteiger partial charge in [-0.1, -0.05) is 135 Å². The highest BCUT2D eigenvalue weighted by atomic mass is 16.7. The summed E-state index contributed by atoms with van der Waals surface area (Å²) in [7, 11) is 1.56. The quantitative estimate of drug-likeness (QED) is 0.167. The Morgan fingerprint density at radius 1 is 0.568 bits per heavy atom. The Morgan fingerprint density at radius 2 is 0.841 bits per heavy atom. The largest absolute Gasteiger partial charge is 0.478 e. The molecule has 0 aromatic carbocycles. The van der Waals surface area contributed by atoms with Crippen LogP contribution in [0.25, 0.3) is 0 Å². The van der Waals surface area contributed by atoms with E-state index >= 15 is 0 Å². The lowest BCUT2D eigenvalue weighted by molar-refractivity contribution is -0.169. The summed E-state index contributed by atoms with van der Waals surface area (Å²) in [6, 6.07) is 0. The van der Waals surface area contributed by atoms with Gasteiger partial charge in [0, 0.05) is 18.1 Å². The van der Waals surface area contributed by atoms with Gasteiger partial charge in [0.05, 0.1) is 5.57 Å². The van der Waals surface area contributed by atoms with E-state index in [-0.39, 0.29) is 5.57 Å². The summed E-state index contributed by atoms with van der Waals surface area (Å²) in [5.74, 6) is -0.486. The zero-order valence-corrected chi connectivity index (χ0v) is 29.0. The molecule has 5 heteroatoms. The van der Waals surface area contributed by atoms with Crippen LogP contribution in [0.3, 0.4) is 0 Å². The third-order valence-electron chi connectivity index (χ3n) is 11.8. The van der Waals surface area contributed by atoms with Crippen LogP contribution in [-0.2, 0) is 19.1 Å². The van der Waals surface area contributed by atoms with E-state index in [0.717, 1.165) is 38.5 Å². The number of ether oxygens (including phenoxy) is 2. The second-order valence-corrected chi connectivity index (χ2v) is 14.7. The standard InChI is InChI=1S/C39H68O5/c1-31(37(40)41)36(38(42)44-32(2)43-3)39(33-25-19-13-7-4-8-14-20-26-33,34-27-21-15-9-5-10-16-22-28-34)35-29-23-17-11-6-12-18-24-30-35/h32-35H,4-30H2,1-3H3,(H,40,41). The molecule has 0 aliphatic heterocycles. The minimum atomic E-state index is -0.967. The van der Waals surface area contributed by atoms with Crippen LogP contribution in [0.4, 0.5) is 0 Å². The molecule has 1 N–H and O–H groups in total. The molecule has 0 heterocycles. The number of carbonyl (C=O) groups is 2. The summed E-state index contributed by atoms with van der Waals surface area (Å²) in [6.45, 7) is 3.47. The first-order valence-electron chi connectivity index (χ1n) is 19.1. The van der Waals surface area contributed by atoms with Gasteiger partial charge >= 0.3 is 11.9 Å². The summed E-state index contributed by atoms with van der Waals surface area (Å²) in [5.41, 5.74) is 0.273. The van der Waals surface area contributed by atoms with Crippen LogP contribution in [0.2, 0.25) is 0 Å². The molecule has 1 atom stereocenters. The van der Waals surface area contributed by atoms with Gasteiger partial charge in [0.25, 0.3) is 0 Å². The molecule has 3 saturated carbocycles. The van der Waals surface area contributed by atoms with Crippen molar-refractivity contribution < 1.29 is 24.2 Å². The number of hydrogen-bond donors (Lipinski definition) is 1. The molecule has 1 unspecified atom stereocenters. The van der Waals surface area contributed by atoms with E-state index in [1.165, 1.54) is 135 Å². The average molecular weight is 617 g/mol. The van der Waals surface area contributed by atoms with Crippen LogP contribution in [-0.4, -0.2) is 30.4 Å². The Morgan fingerprint density at radius 3 is 1.09 bits per heavy atom. The van der Waals surface area contributed by atoms with Gasteiger partial charge in [-0.25, -0.2) is 9.59 Å². The van der Waals surface area contributed by atoms with E-state index in [9.17, 15) is 14.7 Å². The maximum Gasteiger partial charge on any atom is 0.337 e. The number of methoxy groups -OCH3 is 1. The molecule has 3 aliphatic carbocycles. The predicted molar refractivity (Wildman–Crippen MR) is 180 cm³/mol. The first kappa shape index (κ1) is 37.1. The number of rotatable bonds is 8. The lowest BCUT2D eigenvalue weighted by Gasteiger charge is -2.54. The number of hydrogen-bond acceptors (Lipinski definition) is 4. The lowest BCUT2D eigenvalue weighted by atomic mass is 9.49. The first-order valence-corrected chi connectivity index (χ1v) is 19.1. The topological polar surface area (TPSA) is 72.8 Å². The molecule has 254 valence electrons. The van der Waals surface area contributed by atoms with Crippen molar-refractivity contribution in [3.8, 4) is 0 Å². The van der Waals surface area contributed by atoms with Crippen LogP contribution >= 0.6 is 0 Å². The molecular weight excluding hydrogens is 548 g/mol. The Kier molecular flexibility index (Phi) is 17.5. The number of aliphatic carboxylic acids is 1. The zero-order valence-electron chi connectivity index (χ0n) is 29.0. The Hall–Kier alpha value is -1.36. The number of carboxylic acid groups (broad SMARTS) is 1. The van der Waals surface area contributed by atoms with E-state index < -0.39 is 23.6 Å². The molecular formula is C39H68O5. The first-order chi connectivity index (χ1) is 21.4. The van der Waals surface area contributed by atoms with Crippen molar-refractivity contribution >= 4 is 11.9 Å². The van der Waals surface area contributed by atoms with E-state index in [4.69, 9.17) is 9.47 Å². The summed E-state index contributed by atoms with van der Waals surface area (Å²) in [6.07, 6.45) is 32.0. The van der Waals surface area contributed by atoms with Crippen molar-refractivity contribution in [2.75, 3.05) is 7.11 Å². The van der Waals surface area contributed by atoms with E-state index in [0.29, 0.717) is 23.3 Å². The van der Waals surface area contributed by atoms with Gasteiger partial charge < -0.3 is 14.6 Å². The van der Waals surface area contributed by atoms with Crippen molar-refractivity contribution in [2.24, 2.45) is 23.2 Å². The van der Waals surface area contributed by atoms with Crippen molar-refractivity contribution in [3.63, 3.8) is 0 Å². The van der Waals surface area contributed by atoms with Gasteiger partial charge in [-0.2, -0.15) is 0 Å². The normalized spacial score (nSPS) is 24.0. The molecule has 5 nitrogen and oxygen atoms in total. The summed E-state index contributed by atoms with van der Waals surface area (Å²) in [4.78, 5) is 27.7. The smallest absolute Gasteiger partial charge is 0.337 e. The highest BCUT2D eigenvalue weighted by Gasteiger charge is 2.55. The maximum atomic E-state index is 14.6. The van der Waals surface area contributed by atoms with Gasteiger partial charge in [0.15, 0.2) is 6.29 Å². The second kappa shape index (κ2) is 20.7. The van der Waals surface area contributed by atoms with Gasteiger partial charge in [-0.05, 0) is 70.1 Å². The molecule has 0 bridgehead atoms. The van der Waals surface area contributed by atoms with Crippen LogP contribution < -0.4 is 0 Å². The van der Waals surface area contributed by atoms with Crippen molar-refractivity contribution in [1.82, 2.24) is 0 Å². The van der Waals surface area contributed by atoms with Gasteiger partial charge in [0.2, 0.25) is 0 Å². The third-order valence-corrected chi connectivity index (χ3v) is 11.8. The van der Waals surface area contributed by atoms with Gasteiger partial charge in [0.1, 0.15) is 0 Å². The molecule has 3 aliphatic rings. The van der Waals surface area contributed by atoms with Crippen molar-refractivity contribution in [1.29, 1.82) is 0 Å². The molecule has 0 aromatic rings. The monoisotopic (exact) mass is 617 g/mol. The molecule has 0 amide bonds. The van der Waals surface area contributed by atoms with Crippen LogP contribution in [0, 0.1) is 23.2 Å². The fraction of sp³-hybridized carbons (Fsp3) is 0.897.